The molecule has 0 radical (unpaired) electrons. The minimum absolute atomic E-state index is 0.00139. The highest BCUT2D eigenvalue weighted by Crippen LogP contribution is 2.40. The number of unbranched alkanes of at least 4 members (excludes halogenated alkanes) is 1. The Bertz CT molecular complexity index is 951. The molecule has 1 aromatic carbocycles. The van der Waals surface area contributed by atoms with Crippen molar-refractivity contribution in [3.63, 3.8) is 0 Å². The van der Waals surface area contributed by atoms with Crippen molar-refractivity contribution in [2.24, 2.45) is 5.92 Å². The van der Waals surface area contributed by atoms with Crippen molar-refractivity contribution in [1.82, 2.24) is 10.6 Å². The number of hydrogen-bond acceptors (Lipinski definition) is 8. The molecule has 170 valence electrons. The van der Waals surface area contributed by atoms with E-state index in [1.807, 2.05) is 6.92 Å². The Morgan fingerprint density at radius 3 is 2.44 bits per heavy atom. The Kier molecular flexibility index (Phi) is 9.28. The number of methoxy groups -OCH3 is 2. The standard InChI is InChI=1S/C22H25N3O6S/c1-4-5-10-24-16(26)12-32-20-15(11-23)17(18(19(27)25-20)22(29)31-3)13-6-8-14(9-7-13)21(28)30-2/h6-9,17-18H,4-5,10,12H2,1-3H3,(H,24,26)(H,25,27)/t17-,18+/m1/s1. The zero-order chi connectivity index (χ0) is 23.7. The summed E-state index contributed by atoms with van der Waals surface area (Å²) in [5.41, 5.74) is 0.897. The van der Waals surface area contributed by atoms with Crippen molar-refractivity contribution in [1.29, 1.82) is 5.26 Å². The molecule has 1 heterocycles. The summed E-state index contributed by atoms with van der Waals surface area (Å²) in [7, 11) is 2.42. The van der Waals surface area contributed by atoms with Crippen LogP contribution in [0.15, 0.2) is 34.9 Å². The molecule has 0 aromatic heterocycles. The lowest BCUT2D eigenvalue weighted by molar-refractivity contribution is -0.150. The van der Waals surface area contributed by atoms with Crippen molar-refractivity contribution in [3.05, 3.63) is 46.0 Å². The van der Waals surface area contributed by atoms with Gasteiger partial charge in [-0.3, -0.25) is 14.4 Å². The average Bonchev–Trinajstić information content (AvgIpc) is 2.81. The number of amides is 2. The van der Waals surface area contributed by atoms with Crippen molar-refractivity contribution in [2.75, 3.05) is 26.5 Å². The highest BCUT2D eigenvalue weighted by molar-refractivity contribution is 8.03. The van der Waals surface area contributed by atoms with E-state index in [1.54, 1.807) is 12.1 Å². The fourth-order valence-electron chi connectivity index (χ4n) is 3.22. The number of hydrogen-bond donors (Lipinski definition) is 2. The molecule has 0 spiro atoms. The number of ether oxygens (including phenoxy) is 2. The smallest absolute Gasteiger partial charge is 0.337 e. The van der Waals surface area contributed by atoms with Crippen molar-refractivity contribution in [3.8, 4) is 6.07 Å². The van der Waals surface area contributed by atoms with Gasteiger partial charge in [0.2, 0.25) is 11.8 Å². The summed E-state index contributed by atoms with van der Waals surface area (Å²) in [6, 6.07) is 8.17. The number of carbonyl (C=O) groups excluding carboxylic acids is 4. The van der Waals surface area contributed by atoms with Crippen LogP contribution in [0.5, 0.6) is 0 Å². The lowest BCUT2D eigenvalue weighted by Crippen LogP contribution is -2.44. The van der Waals surface area contributed by atoms with E-state index in [0.29, 0.717) is 12.1 Å². The van der Waals surface area contributed by atoms with Gasteiger partial charge in [-0.2, -0.15) is 5.26 Å². The van der Waals surface area contributed by atoms with Crippen LogP contribution < -0.4 is 10.6 Å². The predicted molar refractivity (Wildman–Crippen MR) is 117 cm³/mol. The summed E-state index contributed by atoms with van der Waals surface area (Å²) in [4.78, 5) is 49.0. The SMILES string of the molecule is CCCCNC(=O)CSC1=C(C#N)[C@@H](c2ccc(C(=O)OC)cc2)[C@H](C(=O)OC)C(=O)N1. The number of nitrogens with one attached hydrogen (secondary N) is 2. The second kappa shape index (κ2) is 11.9. The number of allylic oxidation sites excluding steroid dienone is 1. The summed E-state index contributed by atoms with van der Waals surface area (Å²) in [5, 5.41) is 15.4. The largest absolute Gasteiger partial charge is 0.468 e. The van der Waals surface area contributed by atoms with Gasteiger partial charge in [0.15, 0.2) is 0 Å². The van der Waals surface area contributed by atoms with Gasteiger partial charge in [-0.05, 0) is 24.1 Å². The van der Waals surface area contributed by atoms with Crippen LogP contribution >= 0.6 is 11.8 Å². The zero-order valence-corrected chi connectivity index (χ0v) is 18.9. The third-order valence-corrected chi connectivity index (χ3v) is 5.89. The number of nitrogens with zero attached hydrogens (tertiary/aromatic N) is 1. The summed E-state index contributed by atoms with van der Waals surface area (Å²) in [5.74, 6) is -4.41. The number of rotatable bonds is 9. The van der Waals surface area contributed by atoms with Gasteiger partial charge < -0.3 is 20.1 Å². The molecule has 0 saturated carbocycles. The van der Waals surface area contributed by atoms with Gasteiger partial charge in [0, 0.05) is 12.5 Å². The third-order valence-electron chi connectivity index (χ3n) is 4.87. The molecule has 2 atom stereocenters. The molecule has 0 fully saturated rings. The van der Waals surface area contributed by atoms with E-state index in [9.17, 15) is 24.4 Å². The first-order valence-corrected chi connectivity index (χ1v) is 11.0. The Morgan fingerprint density at radius 2 is 1.88 bits per heavy atom. The molecule has 2 amide bonds. The number of carbonyl (C=O) groups is 4. The molecule has 0 saturated heterocycles. The van der Waals surface area contributed by atoms with Crippen molar-refractivity contribution < 1.29 is 28.7 Å². The van der Waals surface area contributed by atoms with Gasteiger partial charge in [-0.15, -0.1) is 0 Å². The van der Waals surface area contributed by atoms with Crippen LogP contribution in [0.25, 0.3) is 0 Å². The Morgan fingerprint density at radius 1 is 1.19 bits per heavy atom. The first-order chi connectivity index (χ1) is 15.4. The van der Waals surface area contributed by atoms with Crippen LogP contribution in [0.2, 0.25) is 0 Å². The highest BCUT2D eigenvalue weighted by atomic mass is 32.2. The number of benzene rings is 1. The van der Waals surface area contributed by atoms with Crippen LogP contribution in [0.3, 0.4) is 0 Å². The Hall–Kier alpha value is -3.32. The normalized spacial score (nSPS) is 17.8. The van der Waals surface area contributed by atoms with Gasteiger partial charge in [0.25, 0.3) is 0 Å². The maximum absolute atomic E-state index is 12.8. The van der Waals surface area contributed by atoms with Crippen LogP contribution in [0.1, 0.15) is 41.6 Å². The fourth-order valence-corrected chi connectivity index (χ4v) is 4.10. The van der Waals surface area contributed by atoms with E-state index in [4.69, 9.17) is 4.74 Å². The maximum atomic E-state index is 12.8. The van der Waals surface area contributed by atoms with Crippen LogP contribution in [0.4, 0.5) is 0 Å². The quantitative estimate of drug-likeness (QED) is 0.325. The van der Waals surface area contributed by atoms with Crippen LogP contribution in [-0.4, -0.2) is 50.3 Å². The predicted octanol–water partition coefficient (Wildman–Crippen LogP) is 1.86. The minimum atomic E-state index is -1.29. The molecule has 1 aliphatic rings. The van der Waals surface area contributed by atoms with Gasteiger partial charge in [-0.1, -0.05) is 37.2 Å². The van der Waals surface area contributed by atoms with E-state index >= 15 is 0 Å². The number of thioether (sulfide) groups is 1. The van der Waals surface area contributed by atoms with E-state index in [1.165, 1.54) is 19.2 Å². The van der Waals surface area contributed by atoms with Gasteiger partial charge in [-0.25, -0.2) is 4.79 Å². The topological polar surface area (TPSA) is 135 Å². The molecule has 0 bridgehead atoms. The summed E-state index contributed by atoms with van der Waals surface area (Å²) in [6.07, 6.45) is 1.79. The van der Waals surface area contributed by atoms with Crippen LogP contribution in [-0.2, 0) is 23.9 Å². The lowest BCUT2D eigenvalue weighted by Gasteiger charge is -2.31. The van der Waals surface area contributed by atoms with Gasteiger partial charge >= 0.3 is 11.9 Å². The second-order valence-corrected chi connectivity index (χ2v) is 7.91. The molecule has 1 aliphatic heterocycles. The fraction of sp³-hybridized carbons (Fsp3) is 0.409. The Labute approximate surface area is 190 Å². The maximum Gasteiger partial charge on any atom is 0.337 e. The summed E-state index contributed by atoms with van der Waals surface area (Å²) in [6.45, 7) is 2.56. The van der Waals surface area contributed by atoms with Gasteiger partial charge in [0.05, 0.1) is 42.2 Å². The molecule has 2 N–H and O–H groups in total. The molecule has 0 aliphatic carbocycles. The molecular formula is C22H25N3O6S. The second-order valence-electron chi connectivity index (χ2n) is 6.93. The van der Waals surface area contributed by atoms with E-state index in [-0.39, 0.29) is 27.8 Å². The molecule has 1 aromatic rings. The third kappa shape index (κ3) is 5.88. The average molecular weight is 460 g/mol. The van der Waals surface area contributed by atoms with Crippen molar-refractivity contribution >= 4 is 35.5 Å². The van der Waals surface area contributed by atoms with E-state index < -0.39 is 29.7 Å². The molecule has 9 nitrogen and oxygen atoms in total. The molecule has 10 heteroatoms. The summed E-state index contributed by atoms with van der Waals surface area (Å²) >= 11 is 1.02. The number of nitriles is 1. The first-order valence-electron chi connectivity index (χ1n) is 9.98. The highest BCUT2D eigenvalue weighted by Gasteiger charge is 2.44. The minimum Gasteiger partial charge on any atom is -0.468 e. The molecule has 32 heavy (non-hydrogen) atoms. The molecule has 2 rings (SSSR count). The monoisotopic (exact) mass is 459 g/mol. The number of esters is 2. The summed E-state index contributed by atoms with van der Waals surface area (Å²) < 4.78 is 9.48. The van der Waals surface area contributed by atoms with Crippen LogP contribution in [0, 0.1) is 17.2 Å². The molecular weight excluding hydrogens is 434 g/mol. The van der Waals surface area contributed by atoms with E-state index in [2.05, 4.69) is 21.4 Å². The Balaban J connectivity index is 2.39. The lowest BCUT2D eigenvalue weighted by atomic mass is 9.78. The molecule has 0 unspecified atom stereocenters. The first kappa shape index (κ1) is 24.9. The zero-order valence-electron chi connectivity index (χ0n) is 18.1. The van der Waals surface area contributed by atoms with E-state index in [0.717, 1.165) is 31.7 Å². The van der Waals surface area contributed by atoms with Gasteiger partial charge in [0.1, 0.15) is 5.92 Å². The van der Waals surface area contributed by atoms with Crippen molar-refractivity contribution in [2.45, 2.75) is 25.7 Å².